The first kappa shape index (κ1) is 8.93. The van der Waals surface area contributed by atoms with Crippen molar-refractivity contribution in [2.24, 2.45) is 5.73 Å². The lowest BCUT2D eigenvalue weighted by Gasteiger charge is -2.07. The summed E-state index contributed by atoms with van der Waals surface area (Å²) < 4.78 is 24.5. The van der Waals surface area contributed by atoms with Crippen molar-refractivity contribution < 1.29 is 13.9 Å². The van der Waals surface area contributed by atoms with Crippen molar-refractivity contribution in [3.8, 4) is 5.75 Å². The minimum Gasteiger partial charge on any atom is -0.505 e. The topological polar surface area (TPSA) is 46.2 Å². The zero-order valence-electron chi connectivity index (χ0n) is 6.30. The van der Waals surface area contributed by atoms with E-state index in [1.54, 1.807) is 0 Å². The molecule has 0 aliphatic rings. The summed E-state index contributed by atoms with van der Waals surface area (Å²) in [4.78, 5) is 0. The maximum atomic E-state index is 12.5. The molecule has 66 valence electrons. The fourth-order valence-corrected chi connectivity index (χ4v) is 0.849. The Morgan fingerprint density at radius 2 is 2.17 bits per heavy atom. The molecule has 0 aliphatic carbocycles. The van der Waals surface area contributed by atoms with Crippen molar-refractivity contribution >= 4 is 0 Å². The highest BCUT2D eigenvalue weighted by molar-refractivity contribution is 5.30. The molecule has 0 heterocycles. The van der Waals surface area contributed by atoms with Crippen LogP contribution in [0, 0.1) is 5.82 Å². The van der Waals surface area contributed by atoms with Crippen LogP contribution < -0.4 is 5.73 Å². The standard InChI is InChI=1S/C8H9F2NO/c9-4-7(11)5-1-2-6(10)8(12)3-5/h1-3,7,12H,4,11H2. The number of hydrogen-bond donors (Lipinski definition) is 2. The molecule has 1 rings (SSSR count). The average Bonchev–Trinajstić information content (AvgIpc) is 2.08. The number of halogens is 2. The minimum absolute atomic E-state index is 0.386. The number of alkyl halides is 1. The van der Waals surface area contributed by atoms with Gasteiger partial charge < -0.3 is 10.8 Å². The smallest absolute Gasteiger partial charge is 0.164 e. The van der Waals surface area contributed by atoms with E-state index in [4.69, 9.17) is 10.8 Å². The molecule has 1 unspecified atom stereocenters. The fraction of sp³-hybridized carbons (Fsp3) is 0.250. The maximum Gasteiger partial charge on any atom is 0.164 e. The first-order valence-electron chi connectivity index (χ1n) is 3.45. The van der Waals surface area contributed by atoms with Crippen LogP contribution in [0.15, 0.2) is 18.2 Å². The third-order valence-corrected chi connectivity index (χ3v) is 1.56. The molecule has 4 heteroatoms. The molecule has 0 saturated heterocycles. The monoisotopic (exact) mass is 173 g/mol. The van der Waals surface area contributed by atoms with Gasteiger partial charge in [-0.3, -0.25) is 0 Å². The second kappa shape index (κ2) is 3.49. The molecule has 0 amide bonds. The Hall–Kier alpha value is -1.16. The van der Waals surface area contributed by atoms with E-state index >= 15 is 0 Å². The second-order valence-corrected chi connectivity index (χ2v) is 2.47. The summed E-state index contributed by atoms with van der Waals surface area (Å²) in [6.45, 7) is -0.731. The predicted molar refractivity (Wildman–Crippen MR) is 41.0 cm³/mol. The van der Waals surface area contributed by atoms with Gasteiger partial charge in [0.2, 0.25) is 0 Å². The Balaban J connectivity index is 2.96. The summed E-state index contributed by atoms with van der Waals surface area (Å²) in [6, 6.07) is 2.73. The summed E-state index contributed by atoms with van der Waals surface area (Å²) in [6.07, 6.45) is 0. The van der Waals surface area contributed by atoms with Crippen LogP contribution in [0.3, 0.4) is 0 Å². The molecule has 12 heavy (non-hydrogen) atoms. The lowest BCUT2D eigenvalue weighted by molar-refractivity contribution is 0.420. The molecule has 0 saturated carbocycles. The van der Waals surface area contributed by atoms with Crippen LogP contribution in [0.5, 0.6) is 5.75 Å². The second-order valence-electron chi connectivity index (χ2n) is 2.47. The number of aromatic hydroxyl groups is 1. The van der Waals surface area contributed by atoms with Gasteiger partial charge in [0.15, 0.2) is 11.6 Å². The zero-order chi connectivity index (χ0) is 9.14. The van der Waals surface area contributed by atoms with E-state index in [-0.39, 0.29) is 0 Å². The summed E-state index contributed by atoms with van der Waals surface area (Å²) in [5.74, 6) is -1.23. The summed E-state index contributed by atoms with van der Waals surface area (Å²) in [7, 11) is 0. The molecular formula is C8H9F2NO. The van der Waals surface area contributed by atoms with Gasteiger partial charge in [-0.2, -0.15) is 0 Å². The SMILES string of the molecule is NC(CF)c1ccc(F)c(O)c1. The Morgan fingerprint density at radius 3 is 2.67 bits per heavy atom. The first-order chi connectivity index (χ1) is 5.65. The van der Waals surface area contributed by atoms with E-state index in [1.807, 2.05) is 0 Å². The lowest BCUT2D eigenvalue weighted by atomic mass is 10.1. The molecule has 0 aromatic heterocycles. The highest BCUT2D eigenvalue weighted by Gasteiger charge is 2.07. The molecule has 1 aromatic carbocycles. The van der Waals surface area contributed by atoms with E-state index in [2.05, 4.69) is 0 Å². The van der Waals surface area contributed by atoms with Gasteiger partial charge in [-0.25, -0.2) is 8.78 Å². The normalized spacial score (nSPS) is 12.9. The highest BCUT2D eigenvalue weighted by Crippen LogP contribution is 2.20. The molecule has 0 bridgehead atoms. The van der Waals surface area contributed by atoms with Gasteiger partial charge in [0, 0.05) is 0 Å². The number of phenolic OH excluding ortho intramolecular Hbond substituents is 1. The molecule has 0 aliphatic heterocycles. The largest absolute Gasteiger partial charge is 0.505 e. The van der Waals surface area contributed by atoms with E-state index in [1.165, 1.54) is 6.07 Å². The van der Waals surface area contributed by atoms with Gasteiger partial charge in [0.05, 0.1) is 6.04 Å². The van der Waals surface area contributed by atoms with Gasteiger partial charge in [-0.05, 0) is 17.7 Å². The molecule has 0 fully saturated rings. The quantitative estimate of drug-likeness (QED) is 0.711. The molecule has 0 radical (unpaired) electrons. The van der Waals surface area contributed by atoms with Crippen LogP contribution in [0.4, 0.5) is 8.78 Å². The van der Waals surface area contributed by atoms with Gasteiger partial charge in [-0.15, -0.1) is 0 Å². The van der Waals surface area contributed by atoms with Crippen LogP contribution in [-0.2, 0) is 0 Å². The minimum atomic E-state index is -0.795. The Bertz CT molecular complexity index is 278. The van der Waals surface area contributed by atoms with Crippen molar-refractivity contribution in [1.29, 1.82) is 0 Å². The third-order valence-electron chi connectivity index (χ3n) is 1.56. The van der Waals surface area contributed by atoms with Crippen molar-refractivity contribution in [3.05, 3.63) is 29.6 Å². The van der Waals surface area contributed by atoms with Crippen LogP contribution in [-0.4, -0.2) is 11.8 Å². The van der Waals surface area contributed by atoms with E-state index in [0.717, 1.165) is 12.1 Å². The summed E-state index contributed by atoms with van der Waals surface area (Å²) in [5, 5.41) is 8.89. The Labute approximate surface area is 68.6 Å². The van der Waals surface area contributed by atoms with Crippen molar-refractivity contribution in [2.45, 2.75) is 6.04 Å². The average molecular weight is 173 g/mol. The van der Waals surface area contributed by atoms with Gasteiger partial charge in [-0.1, -0.05) is 6.07 Å². The van der Waals surface area contributed by atoms with Gasteiger partial charge in [0.1, 0.15) is 6.67 Å². The van der Waals surface area contributed by atoms with Crippen LogP contribution in [0.1, 0.15) is 11.6 Å². The number of rotatable bonds is 2. The molecular weight excluding hydrogens is 164 g/mol. The lowest BCUT2D eigenvalue weighted by Crippen LogP contribution is -2.11. The Morgan fingerprint density at radius 1 is 1.50 bits per heavy atom. The summed E-state index contributed by atoms with van der Waals surface area (Å²) in [5.41, 5.74) is 5.69. The number of hydrogen-bond acceptors (Lipinski definition) is 2. The zero-order valence-corrected chi connectivity index (χ0v) is 6.30. The van der Waals surface area contributed by atoms with Crippen molar-refractivity contribution in [1.82, 2.24) is 0 Å². The number of benzene rings is 1. The molecule has 1 aromatic rings. The molecule has 0 spiro atoms. The fourth-order valence-electron chi connectivity index (χ4n) is 0.849. The van der Waals surface area contributed by atoms with Crippen LogP contribution in [0.2, 0.25) is 0 Å². The van der Waals surface area contributed by atoms with Crippen molar-refractivity contribution in [3.63, 3.8) is 0 Å². The summed E-state index contributed by atoms with van der Waals surface area (Å²) >= 11 is 0. The molecule has 2 nitrogen and oxygen atoms in total. The van der Waals surface area contributed by atoms with E-state index in [0.29, 0.717) is 5.56 Å². The van der Waals surface area contributed by atoms with Crippen LogP contribution in [0.25, 0.3) is 0 Å². The predicted octanol–water partition coefficient (Wildman–Crippen LogP) is 1.50. The molecule has 3 N–H and O–H groups in total. The van der Waals surface area contributed by atoms with Crippen molar-refractivity contribution in [2.75, 3.05) is 6.67 Å². The number of nitrogens with two attached hydrogens (primary N) is 1. The number of phenols is 1. The van der Waals surface area contributed by atoms with Gasteiger partial charge >= 0.3 is 0 Å². The maximum absolute atomic E-state index is 12.5. The first-order valence-corrected chi connectivity index (χ1v) is 3.45. The Kier molecular flexibility index (Phi) is 2.60. The van der Waals surface area contributed by atoms with Gasteiger partial charge in [0.25, 0.3) is 0 Å². The molecule has 1 atom stereocenters. The third kappa shape index (κ3) is 1.71. The van der Waals surface area contributed by atoms with Crippen LogP contribution >= 0.6 is 0 Å². The highest BCUT2D eigenvalue weighted by atomic mass is 19.1. The van der Waals surface area contributed by atoms with E-state index in [9.17, 15) is 8.78 Å². The van der Waals surface area contributed by atoms with E-state index < -0.39 is 24.3 Å².